The number of amides is 2. The second-order valence-corrected chi connectivity index (χ2v) is 4.20. The molecule has 0 aliphatic carbocycles. The molecule has 1 saturated heterocycles. The topological polar surface area (TPSA) is 95.4 Å². The van der Waals surface area contributed by atoms with Crippen LogP contribution in [0.4, 0.5) is 10.7 Å². The number of hydrogen-bond acceptors (Lipinski definition) is 4. The minimum atomic E-state index is -0.825. The van der Waals surface area contributed by atoms with Crippen molar-refractivity contribution in [1.29, 1.82) is 0 Å². The quantitative estimate of drug-likeness (QED) is 0.827. The number of hydrogen-bond donors (Lipinski definition) is 2. The van der Waals surface area contributed by atoms with Crippen molar-refractivity contribution in [3.63, 3.8) is 0 Å². The third-order valence-electron chi connectivity index (χ3n) is 2.82. The average Bonchev–Trinajstić information content (AvgIpc) is 2.78. The normalized spacial score (nSPS) is 18.7. The summed E-state index contributed by atoms with van der Waals surface area (Å²) in [6.45, 7) is 1.03. The lowest BCUT2D eigenvalue weighted by molar-refractivity contribution is -0.138. The number of aromatic nitrogens is 2. The Morgan fingerprint density at radius 2 is 2.17 bits per heavy atom. The first-order valence-electron chi connectivity index (χ1n) is 5.70. The number of carboxylic acids is 1. The molecular formula is C11H14N4O3. The Bertz CT molecular complexity index is 437. The van der Waals surface area contributed by atoms with E-state index in [4.69, 9.17) is 5.11 Å². The molecule has 0 spiro atoms. The van der Waals surface area contributed by atoms with Crippen molar-refractivity contribution in [2.75, 3.05) is 18.4 Å². The molecule has 0 aromatic carbocycles. The summed E-state index contributed by atoms with van der Waals surface area (Å²) in [6.07, 6.45) is 3.90. The molecule has 1 aromatic heterocycles. The SMILES string of the molecule is O=C(O)CC1CCN(C(=O)Nc2ncccn2)C1. The third kappa shape index (κ3) is 3.16. The second-order valence-electron chi connectivity index (χ2n) is 4.20. The number of likely N-dealkylation sites (tertiary alicyclic amines) is 1. The van der Waals surface area contributed by atoms with E-state index in [9.17, 15) is 9.59 Å². The maximum absolute atomic E-state index is 11.8. The van der Waals surface area contributed by atoms with E-state index >= 15 is 0 Å². The highest BCUT2D eigenvalue weighted by Gasteiger charge is 2.27. The zero-order chi connectivity index (χ0) is 13.0. The van der Waals surface area contributed by atoms with Crippen LogP contribution in [0.2, 0.25) is 0 Å². The van der Waals surface area contributed by atoms with E-state index in [-0.39, 0.29) is 24.3 Å². The number of urea groups is 1. The van der Waals surface area contributed by atoms with Gasteiger partial charge in [-0.25, -0.2) is 14.8 Å². The first-order chi connectivity index (χ1) is 8.65. The molecule has 1 aliphatic heterocycles. The molecule has 0 bridgehead atoms. The van der Waals surface area contributed by atoms with E-state index < -0.39 is 5.97 Å². The summed E-state index contributed by atoms with van der Waals surface area (Å²) in [7, 11) is 0. The largest absolute Gasteiger partial charge is 0.481 e. The zero-order valence-electron chi connectivity index (χ0n) is 9.74. The molecule has 96 valence electrons. The number of carbonyl (C=O) groups is 2. The molecule has 2 rings (SSSR count). The predicted octanol–water partition coefficient (Wildman–Crippen LogP) is 0.805. The molecule has 1 unspecified atom stereocenters. The summed E-state index contributed by atoms with van der Waals surface area (Å²) in [5, 5.41) is 11.3. The van der Waals surface area contributed by atoms with Crippen LogP contribution in [0.3, 0.4) is 0 Å². The maximum atomic E-state index is 11.8. The smallest absolute Gasteiger partial charge is 0.324 e. The van der Waals surface area contributed by atoms with E-state index in [0.717, 1.165) is 6.42 Å². The van der Waals surface area contributed by atoms with E-state index in [1.165, 1.54) is 0 Å². The van der Waals surface area contributed by atoms with Gasteiger partial charge in [0, 0.05) is 31.9 Å². The number of nitrogens with zero attached hydrogens (tertiary/aromatic N) is 3. The van der Waals surface area contributed by atoms with Gasteiger partial charge in [0.25, 0.3) is 0 Å². The number of carbonyl (C=O) groups excluding carboxylic acids is 1. The summed E-state index contributed by atoms with van der Waals surface area (Å²) >= 11 is 0. The molecule has 7 heteroatoms. The molecule has 18 heavy (non-hydrogen) atoms. The van der Waals surface area contributed by atoms with Crippen LogP contribution < -0.4 is 5.32 Å². The van der Waals surface area contributed by atoms with Crippen molar-refractivity contribution in [1.82, 2.24) is 14.9 Å². The molecule has 1 atom stereocenters. The van der Waals surface area contributed by atoms with Crippen molar-refractivity contribution in [2.24, 2.45) is 5.92 Å². The maximum Gasteiger partial charge on any atom is 0.324 e. The fraction of sp³-hybridized carbons (Fsp3) is 0.455. The van der Waals surface area contributed by atoms with Crippen LogP contribution >= 0.6 is 0 Å². The Balaban J connectivity index is 1.86. The summed E-state index contributed by atoms with van der Waals surface area (Å²) in [5.74, 6) is -0.539. The third-order valence-corrected chi connectivity index (χ3v) is 2.82. The Morgan fingerprint density at radius 3 is 2.83 bits per heavy atom. The molecule has 2 heterocycles. The standard InChI is InChI=1S/C11H14N4O3/c16-9(17)6-8-2-5-15(7-8)11(18)14-10-12-3-1-4-13-10/h1,3-4,8H,2,5-7H2,(H,16,17)(H,12,13,14,18). The predicted molar refractivity (Wildman–Crippen MR) is 63.0 cm³/mol. The van der Waals surface area contributed by atoms with Crippen molar-refractivity contribution in [3.05, 3.63) is 18.5 Å². The molecule has 1 aromatic rings. The number of nitrogens with one attached hydrogen (secondary N) is 1. The monoisotopic (exact) mass is 250 g/mol. The van der Waals surface area contributed by atoms with Gasteiger partial charge in [-0.2, -0.15) is 0 Å². The summed E-state index contributed by atoms with van der Waals surface area (Å²) < 4.78 is 0. The number of carboxylic acid groups (broad SMARTS) is 1. The lowest BCUT2D eigenvalue weighted by Crippen LogP contribution is -2.33. The molecular weight excluding hydrogens is 236 g/mol. The Hall–Kier alpha value is -2.18. The fourth-order valence-corrected chi connectivity index (χ4v) is 1.97. The van der Waals surface area contributed by atoms with Crippen LogP contribution in [-0.4, -0.2) is 45.1 Å². The number of aliphatic carboxylic acids is 1. The Kier molecular flexibility index (Phi) is 3.71. The van der Waals surface area contributed by atoms with E-state index in [1.54, 1.807) is 23.4 Å². The van der Waals surface area contributed by atoms with Crippen LogP contribution in [0.15, 0.2) is 18.5 Å². The van der Waals surface area contributed by atoms with Gasteiger partial charge < -0.3 is 10.0 Å². The number of anilines is 1. The Morgan fingerprint density at radius 1 is 1.44 bits per heavy atom. The number of rotatable bonds is 3. The van der Waals surface area contributed by atoms with Gasteiger partial charge >= 0.3 is 12.0 Å². The van der Waals surface area contributed by atoms with E-state index in [2.05, 4.69) is 15.3 Å². The van der Waals surface area contributed by atoms with Crippen LogP contribution in [0.25, 0.3) is 0 Å². The van der Waals surface area contributed by atoms with Crippen LogP contribution in [0.1, 0.15) is 12.8 Å². The van der Waals surface area contributed by atoms with E-state index in [1.807, 2.05) is 0 Å². The summed E-state index contributed by atoms with van der Waals surface area (Å²) in [6, 6.07) is 1.38. The van der Waals surface area contributed by atoms with Gasteiger partial charge in [-0.15, -0.1) is 0 Å². The zero-order valence-corrected chi connectivity index (χ0v) is 9.74. The van der Waals surface area contributed by atoms with Gasteiger partial charge in [-0.1, -0.05) is 0 Å². The van der Waals surface area contributed by atoms with Crippen molar-refractivity contribution < 1.29 is 14.7 Å². The van der Waals surface area contributed by atoms with Crippen LogP contribution in [0, 0.1) is 5.92 Å². The minimum absolute atomic E-state index is 0.0324. The van der Waals surface area contributed by atoms with E-state index in [0.29, 0.717) is 13.1 Å². The van der Waals surface area contributed by atoms with Gasteiger partial charge in [0.2, 0.25) is 5.95 Å². The molecule has 7 nitrogen and oxygen atoms in total. The van der Waals surface area contributed by atoms with Crippen LogP contribution in [-0.2, 0) is 4.79 Å². The highest BCUT2D eigenvalue weighted by Crippen LogP contribution is 2.19. The van der Waals surface area contributed by atoms with Crippen molar-refractivity contribution in [3.8, 4) is 0 Å². The van der Waals surface area contributed by atoms with Gasteiger partial charge in [0.15, 0.2) is 0 Å². The average molecular weight is 250 g/mol. The van der Waals surface area contributed by atoms with Gasteiger partial charge in [-0.05, 0) is 18.4 Å². The van der Waals surface area contributed by atoms with Gasteiger partial charge in [0.05, 0.1) is 0 Å². The van der Waals surface area contributed by atoms with Crippen molar-refractivity contribution >= 4 is 17.9 Å². The fourth-order valence-electron chi connectivity index (χ4n) is 1.97. The van der Waals surface area contributed by atoms with Crippen molar-refractivity contribution in [2.45, 2.75) is 12.8 Å². The van der Waals surface area contributed by atoms with Crippen LogP contribution in [0.5, 0.6) is 0 Å². The molecule has 2 amide bonds. The molecule has 1 aliphatic rings. The molecule has 1 fully saturated rings. The molecule has 2 N–H and O–H groups in total. The van der Waals surface area contributed by atoms with Gasteiger partial charge in [0.1, 0.15) is 0 Å². The molecule has 0 saturated carbocycles. The highest BCUT2D eigenvalue weighted by atomic mass is 16.4. The summed E-state index contributed by atoms with van der Waals surface area (Å²) in [4.78, 5) is 31.8. The molecule has 0 radical (unpaired) electrons. The lowest BCUT2D eigenvalue weighted by Gasteiger charge is -2.16. The Labute approximate surface area is 104 Å². The first kappa shape index (κ1) is 12.3. The highest BCUT2D eigenvalue weighted by molar-refractivity contribution is 5.87. The first-order valence-corrected chi connectivity index (χ1v) is 5.70. The second kappa shape index (κ2) is 5.44. The lowest BCUT2D eigenvalue weighted by atomic mass is 10.1. The minimum Gasteiger partial charge on any atom is -0.481 e. The summed E-state index contributed by atoms with van der Waals surface area (Å²) in [5.41, 5.74) is 0. The van der Waals surface area contributed by atoms with Gasteiger partial charge in [-0.3, -0.25) is 10.1 Å².